The molecular weight excluding hydrogens is 280 g/mol. The second-order valence-electron chi connectivity index (χ2n) is 7.04. The predicted molar refractivity (Wildman–Crippen MR) is 85.5 cm³/mol. The quantitative estimate of drug-likeness (QED) is 0.931. The number of hydrogen-bond donors (Lipinski definition) is 1. The van der Waals surface area contributed by atoms with Gasteiger partial charge in [0, 0.05) is 38.4 Å². The highest BCUT2D eigenvalue weighted by Crippen LogP contribution is 2.21. The predicted octanol–water partition coefficient (Wildman–Crippen LogP) is 2.30. The summed E-state index contributed by atoms with van der Waals surface area (Å²) in [7, 11) is 1.99. The summed E-state index contributed by atoms with van der Waals surface area (Å²) in [5.41, 5.74) is 0.688. The van der Waals surface area contributed by atoms with E-state index < -0.39 is 5.60 Å². The van der Waals surface area contributed by atoms with Crippen LogP contribution in [0.1, 0.15) is 46.2 Å². The molecule has 0 saturated carbocycles. The highest BCUT2D eigenvalue weighted by molar-refractivity contribution is 5.68. The average molecular weight is 308 g/mol. The van der Waals surface area contributed by atoms with Crippen LogP contribution in [0.25, 0.3) is 0 Å². The Morgan fingerprint density at radius 1 is 1.50 bits per heavy atom. The minimum absolute atomic E-state index is 0.122. The topological polar surface area (TPSA) is 59.4 Å². The van der Waals surface area contributed by atoms with Gasteiger partial charge in [-0.05, 0) is 40.5 Å². The average Bonchev–Trinajstić information content (AvgIpc) is 2.81. The summed E-state index contributed by atoms with van der Waals surface area (Å²) < 4.78 is 7.52. The molecule has 1 amide bonds. The van der Waals surface area contributed by atoms with E-state index in [2.05, 4.69) is 17.2 Å². The second kappa shape index (κ2) is 6.69. The number of carbonyl (C=O) groups excluding carboxylic acids is 1. The van der Waals surface area contributed by atoms with Crippen molar-refractivity contribution in [1.82, 2.24) is 19.8 Å². The van der Waals surface area contributed by atoms with Gasteiger partial charge in [0.2, 0.25) is 0 Å². The third kappa shape index (κ3) is 4.22. The number of aryl methyl sites for hydroxylation is 1. The van der Waals surface area contributed by atoms with E-state index >= 15 is 0 Å². The van der Waals surface area contributed by atoms with Crippen LogP contribution < -0.4 is 5.32 Å². The standard InChI is InChI=1S/C16H28N4O2/c1-12-14(18-10-13-9-17-11-19(13)5)7-6-8-20(12)15(21)22-16(2,3)4/h9,11-12,14,18H,6-8,10H2,1-5H3. The van der Waals surface area contributed by atoms with Gasteiger partial charge in [-0.25, -0.2) is 9.78 Å². The third-order valence-electron chi connectivity index (χ3n) is 4.08. The van der Waals surface area contributed by atoms with Gasteiger partial charge in [-0.3, -0.25) is 0 Å². The van der Waals surface area contributed by atoms with E-state index in [1.165, 1.54) is 0 Å². The van der Waals surface area contributed by atoms with Gasteiger partial charge in [-0.15, -0.1) is 0 Å². The first-order chi connectivity index (χ1) is 10.3. The summed E-state index contributed by atoms with van der Waals surface area (Å²) >= 11 is 0. The van der Waals surface area contributed by atoms with E-state index in [-0.39, 0.29) is 18.2 Å². The normalized spacial score (nSPS) is 22.7. The van der Waals surface area contributed by atoms with E-state index in [1.54, 1.807) is 6.33 Å². The van der Waals surface area contributed by atoms with Crippen LogP contribution in [-0.2, 0) is 18.3 Å². The Hall–Kier alpha value is -1.56. The van der Waals surface area contributed by atoms with E-state index in [0.29, 0.717) is 0 Å². The highest BCUT2D eigenvalue weighted by Gasteiger charge is 2.33. The summed E-state index contributed by atoms with van der Waals surface area (Å²) in [6, 6.07) is 0.396. The zero-order valence-corrected chi connectivity index (χ0v) is 14.3. The summed E-state index contributed by atoms with van der Waals surface area (Å²) in [6.45, 7) is 9.31. The molecule has 6 nitrogen and oxygen atoms in total. The van der Waals surface area contributed by atoms with Crippen molar-refractivity contribution in [3.8, 4) is 0 Å². The van der Waals surface area contributed by atoms with Gasteiger partial charge < -0.3 is 19.5 Å². The number of rotatable bonds is 3. The summed E-state index contributed by atoms with van der Waals surface area (Å²) in [4.78, 5) is 18.3. The maximum Gasteiger partial charge on any atom is 0.410 e. The highest BCUT2D eigenvalue weighted by atomic mass is 16.6. The molecule has 0 aliphatic carbocycles. The number of carbonyl (C=O) groups is 1. The number of aromatic nitrogens is 2. The molecule has 22 heavy (non-hydrogen) atoms. The Morgan fingerprint density at radius 2 is 2.23 bits per heavy atom. The molecule has 2 unspecified atom stereocenters. The van der Waals surface area contributed by atoms with Gasteiger partial charge in [0.25, 0.3) is 0 Å². The fourth-order valence-corrected chi connectivity index (χ4v) is 2.78. The lowest BCUT2D eigenvalue weighted by Crippen LogP contribution is -2.55. The van der Waals surface area contributed by atoms with Crippen LogP contribution in [-0.4, -0.2) is 44.8 Å². The second-order valence-corrected chi connectivity index (χ2v) is 7.04. The van der Waals surface area contributed by atoms with Crippen molar-refractivity contribution in [1.29, 1.82) is 0 Å². The van der Waals surface area contributed by atoms with Crippen LogP contribution in [0.15, 0.2) is 12.5 Å². The smallest absolute Gasteiger partial charge is 0.410 e. The molecule has 2 rings (SSSR count). The number of nitrogens with zero attached hydrogens (tertiary/aromatic N) is 3. The molecule has 2 heterocycles. The molecule has 1 aromatic heterocycles. The molecule has 1 N–H and O–H groups in total. The lowest BCUT2D eigenvalue weighted by atomic mass is 9.98. The Labute approximate surface area is 132 Å². The van der Waals surface area contributed by atoms with E-state index in [1.807, 2.05) is 43.5 Å². The number of hydrogen-bond acceptors (Lipinski definition) is 4. The third-order valence-corrected chi connectivity index (χ3v) is 4.08. The van der Waals surface area contributed by atoms with Crippen LogP contribution in [0.2, 0.25) is 0 Å². The number of imidazole rings is 1. The van der Waals surface area contributed by atoms with Gasteiger partial charge >= 0.3 is 6.09 Å². The largest absolute Gasteiger partial charge is 0.444 e. The first-order valence-corrected chi connectivity index (χ1v) is 7.96. The Morgan fingerprint density at radius 3 is 2.82 bits per heavy atom. The fraction of sp³-hybridized carbons (Fsp3) is 0.750. The molecule has 124 valence electrons. The maximum atomic E-state index is 12.3. The number of nitrogens with one attached hydrogen (secondary N) is 1. The summed E-state index contributed by atoms with van der Waals surface area (Å²) in [6.07, 6.45) is 5.51. The minimum Gasteiger partial charge on any atom is -0.444 e. The zero-order chi connectivity index (χ0) is 16.3. The van der Waals surface area contributed by atoms with Gasteiger partial charge in [0.15, 0.2) is 0 Å². The number of ether oxygens (including phenoxy) is 1. The molecule has 1 aromatic rings. The zero-order valence-electron chi connectivity index (χ0n) is 14.3. The molecule has 1 aliphatic heterocycles. The number of likely N-dealkylation sites (tertiary alicyclic amines) is 1. The van der Waals surface area contributed by atoms with Crippen molar-refractivity contribution >= 4 is 6.09 Å². The van der Waals surface area contributed by atoms with Gasteiger partial charge in [0.1, 0.15) is 5.60 Å². The lowest BCUT2D eigenvalue weighted by Gasteiger charge is -2.40. The van der Waals surface area contributed by atoms with Crippen LogP contribution in [0.5, 0.6) is 0 Å². The minimum atomic E-state index is -0.452. The Bertz CT molecular complexity index is 506. The molecule has 2 atom stereocenters. The van der Waals surface area contributed by atoms with Crippen molar-refractivity contribution in [2.75, 3.05) is 6.54 Å². The van der Waals surface area contributed by atoms with Crippen LogP contribution in [0, 0.1) is 0 Å². The first-order valence-electron chi connectivity index (χ1n) is 7.96. The van der Waals surface area contributed by atoms with Crippen molar-refractivity contribution < 1.29 is 9.53 Å². The van der Waals surface area contributed by atoms with Crippen molar-refractivity contribution in [2.45, 2.75) is 64.8 Å². The first kappa shape index (κ1) is 16.8. The van der Waals surface area contributed by atoms with Gasteiger partial charge in [0.05, 0.1) is 12.0 Å². The Balaban J connectivity index is 1.93. The molecule has 1 fully saturated rings. The lowest BCUT2D eigenvalue weighted by molar-refractivity contribution is 0.00695. The van der Waals surface area contributed by atoms with Crippen LogP contribution >= 0.6 is 0 Å². The SMILES string of the molecule is CC1C(NCc2cncn2C)CCCN1C(=O)OC(C)(C)C. The molecule has 0 radical (unpaired) electrons. The summed E-state index contributed by atoms with van der Waals surface area (Å²) in [5.74, 6) is 0. The molecule has 6 heteroatoms. The van der Waals surface area contributed by atoms with Crippen LogP contribution in [0.4, 0.5) is 4.79 Å². The molecule has 1 aliphatic rings. The van der Waals surface area contributed by atoms with E-state index in [4.69, 9.17) is 4.74 Å². The van der Waals surface area contributed by atoms with E-state index in [0.717, 1.165) is 31.6 Å². The molecule has 0 aromatic carbocycles. The Kier molecular flexibility index (Phi) is 5.11. The molecule has 0 spiro atoms. The molecular formula is C16H28N4O2. The number of amides is 1. The fourth-order valence-electron chi connectivity index (χ4n) is 2.78. The van der Waals surface area contributed by atoms with Crippen molar-refractivity contribution in [3.05, 3.63) is 18.2 Å². The van der Waals surface area contributed by atoms with Crippen LogP contribution in [0.3, 0.4) is 0 Å². The van der Waals surface area contributed by atoms with Crippen molar-refractivity contribution in [2.24, 2.45) is 7.05 Å². The maximum absolute atomic E-state index is 12.3. The summed E-state index contributed by atoms with van der Waals surface area (Å²) in [5, 5.41) is 3.55. The molecule has 0 bridgehead atoms. The molecule has 1 saturated heterocycles. The van der Waals surface area contributed by atoms with E-state index in [9.17, 15) is 4.79 Å². The van der Waals surface area contributed by atoms with Crippen molar-refractivity contribution in [3.63, 3.8) is 0 Å². The number of piperidine rings is 1. The monoisotopic (exact) mass is 308 g/mol. The van der Waals surface area contributed by atoms with Gasteiger partial charge in [-0.1, -0.05) is 0 Å². The van der Waals surface area contributed by atoms with Gasteiger partial charge in [-0.2, -0.15) is 0 Å².